The van der Waals surface area contributed by atoms with Crippen LogP contribution in [0.2, 0.25) is 0 Å². The highest BCUT2D eigenvalue weighted by atomic mass is 16.5. The summed E-state index contributed by atoms with van der Waals surface area (Å²) in [5, 5.41) is 17.5. The molecule has 0 aromatic carbocycles. The average Bonchev–Trinajstić information content (AvgIpc) is 2.18. The minimum atomic E-state index is 0.134. The maximum absolute atomic E-state index is 8.74. The van der Waals surface area contributed by atoms with E-state index in [4.69, 9.17) is 14.9 Å². The molecule has 0 aliphatic carbocycles. The van der Waals surface area contributed by atoms with Gasteiger partial charge in [-0.2, -0.15) is 0 Å². The van der Waals surface area contributed by atoms with Gasteiger partial charge >= 0.3 is 0 Å². The zero-order valence-corrected chi connectivity index (χ0v) is 9.11. The first-order valence-corrected chi connectivity index (χ1v) is 5.37. The molecule has 0 aliphatic heterocycles. The van der Waals surface area contributed by atoms with Gasteiger partial charge in [0.1, 0.15) is 0 Å². The minimum absolute atomic E-state index is 0.134. The van der Waals surface area contributed by atoms with Crippen molar-refractivity contribution in [3.63, 3.8) is 0 Å². The highest BCUT2D eigenvalue weighted by Gasteiger charge is 2.02. The summed E-state index contributed by atoms with van der Waals surface area (Å²) in [7, 11) is 0. The lowest BCUT2D eigenvalue weighted by Gasteiger charge is -2.19. The number of rotatable bonds is 10. The van der Waals surface area contributed by atoms with Crippen LogP contribution < -0.4 is 0 Å². The summed E-state index contributed by atoms with van der Waals surface area (Å²) < 4.78 is 5.39. The maximum Gasteiger partial charge on any atom is 0.0593 e. The molecule has 0 spiro atoms. The normalized spacial score (nSPS) is 11.1. The van der Waals surface area contributed by atoms with Crippen molar-refractivity contribution in [2.45, 2.75) is 19.8 Å². The second-order valence-electron chi connectivity index (χ2n) is 3.25. The first-order chi connectivity index (χ1) is 6.85. The summed E-state index contributed by atoms with van der Waals surface area (Å²) in [6.45, 7) is 5.89. The Morgan fingerprint density at radius 2 is 1.64 bits per heavy atom. The van der Waals surface area contributed by atoms with E-state index in [-0.39, 0.29) is 13.2 Å². The first kappa shape index (κ1) is 13.8. The molecule has 0 saturated carbocycles. The van der Waals surface area contributed by atoms with Crippen molar-refractivity contribution in [3.05, 3.63) is 0 Å². The Hall–Kier alpha value is -0.160. The zero-order valence-electron chi connectivity index (χ0n) is 9.11. The van der Waals surface area contributed by atoms with E-state index in [9.17, 15) is 0 Å². The molecule has 0 aromatic heterocycles. The maximum atomic E-state index is 8.74. The molecule has 0 unspecified atom stereocenters. The van der Waals surface area contributed by atoms with Gasteiger partial charge in [-0.1, -0.05) is 13.3 Å². The lowest BCUT2D eigenvalue weighted by molar-refractivity contribution is 0.0856. The SMILES string of the molecule is CCCCOCCN(CCO)CCO. The van der Waals surface area contributed by atoms with Gasteiger partial charge in [-0.15, -0.1) is 0 Å². The van der Waals surface area contributed by atoms with E-state index in [0.29, 0.717) is 19.7 Å². The Bertz CT molecular complexity index is 106. The molecule has 0 saturated heterocycles. The van der Waals surface area contributed by atoms with Gasteiger partial charge in [0.15, 0.2) is 0 Å². The van der Waals surface area contributed by atoms with Gasteiger partial charge in [-0.3, -0.25) is 4.90 Å². The Balaban J connectivity index is 3.30. The van der Waals surface area contributed by atoms with Crippen LogP contribution in [0.25, 0.3) is 0 Å². The molecule has 0 atom stereocenters. The fourth-order valence-corrected chi connectivity index (χ4v) is 1.16. The Labute approximate surface area is 86.5 Å². The van der Waals surface area contributed by atoms with Gasteiger partial charge < -0.3 is 14.9 Å². The number of aliphatic hydroxyl groups is 2. The van der Waals surface area contributed by atoms with Crippen LogP contribution >= 0.6 is 0 Å². The van der Waals surface area contributed by atoms with Gasteiger partial charge in [0.2, 0.25) is 0 Å². The third kappa shape index (κ3) is 8.44. The van der Waals surface area contributed by atoms with E-state index in [1.165, 1.54) is 0 Å². The predicted molar refractivity (Wildman–Crippen MR) is 56.3 cm³/mol. The molecule has 4 heteroatoms. The summed E-state index contributed by atoms with van der Waals surface area (Å²) in [6.07, 6.45) is 2.25. The molecule has 2 N–H and O–H groups in total. The quantitative estimate of drug-likeness (QED) is 0.496. The lowest BCUT2D eigenvalue weighted by Crippen LogP contribution is -2.33. The van der Waals surface area contributed by atoms with E-state index in [2.05, 4.69) is 6.92 Å². The molecule has 0 heterocycles. The van der Waals surface area contributed by atoms with Crippen LogP contribution in [0.3, 0.4) is 0 Å². The summed E-state index contributed by atoms with van der Waals surface area (Å²) in [4.78, 5) is 1.99. The molecule has 4 nitrogen and oxygen atoms in total. The van der Waals surface area contributed by atoms with Crippen molar-refractivity contribution < 1.29 is 14.9 Å². The third-order valence-electron chi connectivity index (χ3n) is 2.03. The predicted octanol–water partition coefficient (Wildman–Crippen LogP) is 0.0897. The summed E-state index contributed by atoms with van der Waals surface area (Å²) in [6, 6.07) is 0. The third-order valence-corrected chi connectivity index (χ3v) is 2.03. The Morgan fingerprint density at radius 3 is 2.14 bits per heavy atom. The minimum Gasteiger partial charge on any atom is -0.395 e. The molecule has 0 bridgehead atoms. The molecule has 0 aliphatic rings. The molecule has 0 amide bonds. The molecule has 0 radical (unpaired) electrons. The summed E-state index contributed by atoms with van der Waals surface area (Å²) >= 11 is 0. The van der Waals surface area contributed by atoms with Gasteiger partial charge in [-0.25, -0.2) is 0 Å². The second kappa shape index (κ2) is 10.9. The van der Waals surface area contributed by atoms with Crippen LogP contribution in [0, 0.1) is 0 Å². The first-order valence-electron chi connectivity index (χ1n) is 5.37. The fraction of sp³-hybridized carbons (Fsp3) is 1.00. The zero-order chi connectivity index (χ0) is 10.6. The van der Waals surface area contributed by atoms with Gasteiger partial charge in [0, 0.05) is 26.2 Å². The number of hydrogen-bond acceptors (Lipinski definition) is 4. The molecular formula is C10H23NO3. The topological polar surface area (TPSA) is 52.9 Å². The molecule has 0 rings (SSSR count). The molecular weight excluding hydrogens is 182 g/mol. The van der Waals surface area contributed by atoms with Crippen LogP contribution in [0.15, 0.2) is 0 Å². The lowest BCUT2D eigenvalue weighted by atomic mass is 10.4. The number of ether oxygens (including phenoxy) is 1. The van der Waals surface area contributed by atoms with Crippen LogP contribution in [0.5, 0.6) is 0 Å². The van der Waals surface area contributed by atoms with E-state index in [1.54, 1.807) is 0 Å². The van der Waals surface area contributed by atoms with Crippen molar-refractivity contribution in [1.29, 1.82) is 0 Å². The van der Waals surface area contributed by atoms with Crippen molar-refractivity contribution in [2.24, 2.45) is 0 Å². The monoisotopic (exact) mass is 205 g/mol. The van der Waals surface area contributed by atoms with Crippen LogP contribution in [-0.4, -0.2) is 61.2 Å². The van der Waals surface area contributed by atoms with Crippen LogP contribution in [0.4, 0.5) is 0 Å². The van der Waals surface area contributed by atoms with E-state index >= 15 is 0 Å². The summed E-state index contributed by atoms with van der Waals surface area (Å²) in [5.41, 5.74) is 0. The van der Waals surface area contributed by atoms with Crippen molar-refractivity contribution in [2.75, 3.05) is 46.1 Å². The summed E-state index contributed by atoms with van der Waals surface area (Å²) in [5.74, 6) is 0. The number of unbranched alkanes of at least 4 members (excludes halogenated alkanes) is 1. The standard InChI is InChI=1S/C10H23NO3/c1-2-3-9-14-10-6-11(4-7-12)5-8-13/h12-13H,2-10H2,1H3. The van der Waals surface area contributed by atoms with Crippen molar-refractivity contribution in [1.82, 2.24) is 4.90 Å². The second-order valence-corrected chi connectivity index (χ2v) is 3.25. The number of aliphatic hydroxyl groups excluding tert-OH is 2. The molecule has 14 heavy (non-hydrogen) atoms. The Morgan fingerprint density at radius 1 is 1.00 bits per heavy atom. The van der Waals surface area contributed by atoms with E-state index in [0.717, 1.165) is 26.0 Å². The number of hydrogen-bond donors (Lipinski definition) is 2. The highest BCUT2D eigenvalue weighted by molar-refractivity contribution is 4.55. The van der Waals surface area contributed by atoms with Gasteiger partial charge in [0.05, 0.1) is 19.8 Å². The van der Waals surface area contributed by atoms with Crippen LogP contribution in [0.1, 0.15) is 19.8 Å². The Kier molecular flexibility index (Phi) is 10.8. The molecule has 86 valence electrons. The van der Waals surface area contributed by atoms with Crippen LogP contribution in [-0.2, 0) is 4.74 Å². The van der Waals surface area contributed by atoms with E-state index < -0.39 is 0 Å². The average molecular weight is 205 g/mol. The highest BCUT2D eigenvalue weighted by Crippen LogP contribution is 1.90. The number of nitrogens with zero attached hydrogens (tertiary/aromatic N) is 1. The van der Waals surface area contributed by atoms with Gasteiger partial charge in [0.25, 0.3) is 0 Å². The van der Waals surface area contributed by atoms with Gasteiger partial charge in [-0.05, 0) is 6.42 Å². The van der Waals surface area contributed by atoms with E-state index in [1.807, 2.05) is 4.90 Å². The molecule has 0 fully saturated rings. The largest absolute Gasteiger partial charge is 0.395 e. The van der Waals surface area contributed by atoms with Crippen molar-refractivity contribution >= 4 is 0 Å². The fourth-order valence-electron chi connectivity index (χ4n) is 1.16. The smallest absolute Gasteiger partial charge is 0.0593 e. The van der Waals surface area contributed by atoms with Crippen molar-refractivity contribution in [3.8, 4) is 0 Å². The molecule has 0 aromatic rings.